The van der Waals surface area contributed by atoms with E-state index in [1.165, 1.54) is 7.11 Å². The minimum atomic E-state index is -0.879. The normalized spacial score (nSPS) is 22.2. The van der Waals surface area contributed by atoms with Crippen LogP contribution in [0.4, 0.5) is 5.69 Å². The highest BCUT2D eigenvalue weighted by Crippen LogP contribution is 2.33. The molecule has 1 saturated carbocycles. The molecule has 9 heteroatoms. The number of carbonyl (C=O) groups is 1. The average molecular weight is 478 g/mol. The molecule has 1 fully saturated rings. The van der Waals surface area contributed by atoms with Crippen LogP contribution in [0.2, 0.25) is 0 Å². The number of hydrogen-bond donors (Lipinski definition) is 3. The van der Waals surface area contributed by atoms with Crippen LogP contribution in [0.3, 0.4) is 0 Å². The van der Waals surface area contributed by atoms with Crippen LogP contribution < -0.4 is 25.4 Å². The van der Waals surface area contributed by atoms with Crippen LogP contribution in [-0.4, -0.2) is 39.8 Å². The van der Waals surface area contributed by atoms with Crippen LogP contribution in [-0.2, 0) is 0 Å². The van der Waals surface area contributed by atoms with Crippen LogP contribution in [0.25, 0.3) is 6.20 Å². The Hall–Kier alpha value is -3.77. The van der Waals surface area contributed by atoms with E-state index in [0.717, 1.165) is 22.8 Å². The predicted octanol–water partition coefficient (Wildman–Crippen LogP) is 1.80. The highest BCUT2D eigenvalue weighted by molar-refractivity contribution is 6.02. The van der Waals surface area contributed by atoms with Gasteiger partial charge in [-0.3, -0.25) is 10.0 Å². The Morgan fingerprint density at radius 2 is 2.11 bits per heavy atom. The summed E-state index contributed by atoms with van der Waals surface area (Å²) in [7, 11) is 1.52. The molecule has 1 aliphatic carbocycles. The Bertz CT molecular complexity index is 1330. The van der Waals surface area contributed by atoms with Gasteiger partial charge in [0.05, 0.1) is 36.1 Å². The van der Waals surface area contributed by atoms with Gasteiger partial charge in [0.25, 0.3) is 0 Å². The van der Waals surface area contributed by atoms with Gasteiger partial charge in [-0.1, -0.05) is 18.5 Å². The zero-order chi connectivity index (χ0) is 25.2. The molecule has 2 aromatic rings. The number of rotatable bonds is 6. The Kier molecular flexibility index (Phi) is 6.85. The van der Waals surface area contributed by atoms with Crippen molar-refractivity contribution in [3.8, 4) is 11.8 Å². The van der Waals surface area contributed by atoms with Crippen LogP contribution in [0.5, 0.6) is 5.75 Å². The highest BCUT2D eigenvalue weighted by atomic mass is 16.5. The average Bonchev–Trinajstić information content (AvgIpc) is 3.21. The van der Waals surface area contributed by atoms with E-state index in [9.17, 15) is 15.1 Å². The SMILES string of the molecule is COc1cc2c(cc1NC(=O)c1cccc(C(C)C)[n+]1O)=C/[N+](=C\C1CCC(O)(CC#N)CC1)N=2. The molecule has 182 valence electrons. The molecular weight excluding hydrogens is 446 g/mol. The number of pyridine rings is 1. The molecule has 1 aromatic heterocycles. The Morgan fingerprint density at radius 1 is 1.37 bits per heavy atom. The molecular formula is C26H31N5O4+2. The third-order valence-electron chi connectivity index (χ3n) is 6.64. The van der Waals surface area contributed by atoms with Gasteiger partial charge in [0.15, 0.2) is 6.21 Å². The van der Waals surface area contributed by atoms with Gasteiger partial charge in [-0.15, -0.1) is 0 Å². The summed E-state index contributed by atoms with van der Waals surface area (Å²) < 4.78 is 8.17. The number of hydrogen-bond acceptors (Lipinski definition) is 6. The van der Waals surface area contributed by atoms with Crippen molar-refractivity contribution in [2.24, 2.45) is 11.0 Å². The molecule has 4 rings (SSSR count). The lowest BCUT2D eigenvalue weighted by molar-refractivity contribution is -0.911. The summed E-state index contributed by atoms with van der Waals surface area (Å²) in [6.45, 7) is 3.88. The van der Waals surface area contributed by atoms with Crippen molar-refractivity contribution < 1.29 is 29.3 Å². The first kappa shape index (κ1) is 24.4. The maximum atomic E-state index is 13.0. The van der Waals surface area contributed by atoms with Gasteiger partial charge >= 0.3 is 11.6 Å². The lowest BCUT2D eigenvalue weighted by atomic mass is 9.78. The molecule has 0 atom stereocenters. The Balaban J connectivity index is 1.56. The lowest BCUT2D eigenvalue weighted by Gasteiger charge is -2.32. The first-order chi connectivity index (χ1) is 16.7. The van der Waals surface area contributed by atoms with E-state index >= 15 is 0 Å². The summed E-state index contributed by atoms with van der Waals surface area (Å²) in [5.74, 6) is 0.293. The molecule has 0 radical (unpaired) electrons. The molecule has 35 heavy (non-hydrogen) atoms. The molecule has 0 spiro atoms. The summed E-state index contributed by atoms with van der Waals surface area (Å²) in [5.41, 5.74) is 0.343. The van der Waals surface area contributed by atoms with E-state index in [0.29, 0.717) is 35.3 Å². The van der Waals surface area contributed by atoms with Gasteiger partial charge in [-0.25, -0.2) is 0 Å². The van der Waals surface area contributed by atoms with Gasteiger partial charge in [0, 0.05) is 39.9 Å². The predicted molar refractivity (Wildman–Crippen MR) is 128 cm³/mol. The standard InChI is InChI=1S/C26H30N5O4/c1-17(2)22-5-4-6-23(31(22)34)25(32)28-21-13-19-16-30(29-20(19)14-24(21)35-3)15-18-7-9-26(33,10-8-18)11-12-27/h4-6,13-18,33H,7-11H2,1-3H3,(H-,28,32,34)/q+1/p+1/b30-15+. The monoisotopic (exact) mass is 477 g/mol. The molecule has 0 bridgehead atoms. The number of aromatic nitrogens is 1. The van der Waals surface area contributed by atoms with E-state index in [1.807, 2.05) is 26.3 Å². The Morgan fingerprint density at radius 3 is 2.77 bits per heavy atom. The number of benzene rings is 1. The van der Waals surface area contributed by atoms with E-state index in [1.54, 1.807) is 35.0 Å². The maximum absolute atomic E-state index is 13.0. The van der Waals surface area contributed by atoms with E-state index in [-0.39, 0.29) is 24.0 Å². The zero-order valence-corrected chi connectivity index (χ0v) is 20.2. The summed E-state index contributed by atoms with van der Waals surface area (Å²) in [4.78, 5) is 13.0. The van der Waals surface area contributed by atoms with Gasteiger partial charge in [-0.05, 0) is 37.8 Å². The smallest absolute Gasteiger partial charge is 0.325 e. The molecule has 1 aliphatic heterocycles. The van der Waals surface area contributed by atoms with Gasteiger partial charge in [0.1, 0.15) is 11.1 Å². The molecule has 1 amide bonds. The van der Waals surface area contributed by atoms with Gasteiger partial charge < -0.3 is 15.2 Å². The molecule has 2 aliphatic rings. The number of amides is 1. The molecule has 3 N–H and O–H groups in total. The van der Waals surface area contributed by atoms with E-state index in [4.69, 9.17) is 10.00 Å². The zero-order valence-electron chi connectivity index (χ0n) is 20.2. The van der Waals surface area contributed by atoms with Crippen molar-refractivity contribution in [2.45, 2.75) is 57.5 Å². The van der Waals surface area contributed by atoms with Crippen molar-refractivity contribution >= 4 is 24.0 Å². The Labute approximate surface area is 203 Å². The van der Waals surface area contributed by atoms with E-state index < -0.39 is 11.5 Å². The fraction of sp³-hybridized carbons (Fsp3) is 0.423. The lowest BCUT2D eigenvalue weighted by Crippen LogP contribution is -2.43. The van der Waals surface area contributed by atoms with Crippen molar-refractivity contribution in [3.63, 3.8) is 0 Å². The number of nitrogens with zero attached hydrogens (tertiary/aromatic N) is 4. The molecule has 0 unspecified atom stereocenters. The van der Waals surface area contributed by atoms with Gasteiger partial charge in [0.2, 0.25) is 11.9 Å². The van der Waals surface area contributed by atoms with Crippen LogP contribution in [0.15, 0.2) is 35.4 Å². The van der Waals surface area contributed by atoms with Crippen molar-refractivity contribution in [2.75, 3.05) is 12.4 Å². The number of nitriles is 1. The van der Waals surface area contributed by atoms with Crippen LogP contribution in [0, 0.1) is 17.2 Å². The van der Waals surface area contributed by atoms with Gasteiger partial charge in [-0.2, -0.15) is 5.26 Å². The molecule has 1 aromatic carbocycles. The summed E-state index contributed by atoms with van der Waals surface area (Å²) >= 11 is 0. The van der Waals surface area contributed by atoms with E-state index in [2.05, 4.69) is 16.5 Å². The number of ether oxygens (including phenoxy) is 1. The minimum Gasteiger partial charge on any atom is -0.494 e. The van der Waals surface area contributed by atoms with Crippen molar-refractivity contribution in [1.29, 1.82) is 5.26 Å². The number of aliphatic hydroxyl groups is 1. The number of fused-ring (bicyclic) bond motifs is 1. The third kappa shape index (κ3) is 5.17. The fourth-order valence-electron chi connectivity index (χ4n) is 4.59. The number of methoxy groups -OCH3 is 1. The molecule has 0 saturated heterocycles. The molecule has 2 heterocycles. The summed E-state index contributed by atoms with van der Waals surface area (Å²) in [6, 6.07) is 10.7. The summed E-state index contributed by atoms with van der Waals surface area (Å²) in [6.07, 6.45) is 6.84. The number of carbonyl (C=O) groups excluding carboxylic acids is 1. The maximum Gasteiger partial charge on any atom is 0.325 e. The number of anilines is 1. The molecule has 9 nitrogen and oxygen atoms in total. The summed E-state index contributed by atoms with van der Waals surface area (Å²) in [5, 5.41) is 38.9. The first-order valence-corrected chi connectivity index (χ1v) is 11.8. The second-order valence-corrected chi connectivity index (χ2v) is 9.52. The minimum absolute atomic E-state index is 0.0463. The number of nitrogens with one attached hydrogen (secondary N) is 1. The van der Waals surface area contributed by atoms with Crippen LogP contribution in [0.1, 0.15) is 68.1 Å². The van der Waals surface area contributed by atoms with Crippen molar-refractivity contribution in [3.05, 3.63) is 52.3 Å². The second-order valence-electron chi connectivity index (χ2n) is 9.52. The van der Waals surface area contributed by atoms with Crippen LogP contribution >= 0.6 is 0 Å². The second kappa shape index (κ2) is 9.84. The quantitative estimate of drug-likeness (QED) is 0.433. The largest absolute Gasteiger partial charge is 0.494 e. The first-order valence-electron chi connectivity index (χ1n) is 11.8. The van der Waals surface area contributed by atoms with Crippen molar-refractivity contribution in [1.82, 2.24) is 0 Å². The highest BCUT2D eigenvalue weighted by Gasteiger charge is 2.34. The third-order valence-corrected chi connectivity index (χ3v) is 6.64. The fourth-order valence-corrected chi connectivity index (χ4v) is 4.59. The topological polar surface area (TPSA) is 122 Å².